The normalized spacial score (nSPS) is 12.9. The summed E-state index contributed by atoms with van der Waals surface area (Å²) in [5.74, 6) is 0. The van der Waals surface area contributed by atoms with Gasteiger partial charge in [0, 0.05) is 54.3 Å². The fourth-order valence-electron chi connectivity index (χ4n) is 19.2. The molecule has 4 aliphatic carbocycles. The standard InChI is InChI=1S/C19H14Br2.C19H18O.2C19H16.2C16H11Br.C10H8BO2.C6H4BrI/c1-19(2)17-10-13(21)5-8-15(17)16-6-3-11-9-12(20)4-7-14(11)18(16)19;1-19(2,20)18-10-6-5-9-17(18)16-12-11-14-7-3-4-8-15(14)13-16;2*1-19(2)17-10-6-5-9-15(17)16-12-11-13-7-3-4-8-14(13)18(16)19;2*17-16-8-4-3-7-15(16)14-10-9-12-5-1-2-6-13(12)11-14;12-11(13)10-6-5-8-3-1-2-4-9(8)7-10;7-5-3-1-2-4-6(5)8/h3-10H,1-2H3;3-13,20H,1-2H3;2*3-12H,1-2H3;2*1-11H;1,3-7,12-13H;1-4H/q;;;;;;+1;. The van der Waals surface area contributed by atoms with Crippen molar-refractivity contribution < 1.29 is 15.2 Å². The van der Waals surface area contributed by atoms with E-state index in [2.05, 4.69) is 484 Å². The molecule has 10 heteroatoms. The molecule has 0 saturated heterocycles. The van der Waals surface area contributed by atoms with Gasteiger partial charge in [-0.15, -0.1) is 0 Å². The first-order valence-corrected chi connectivity index (χ1v) is 50.0. The largest absolute Gasteiger partial charge is 0.489 e. The molecule has 3 nitrogen and oxygen atoms in total. The minimum atomic E-state index is -1.40. The highest BCUT2D eigenvalue weighted by molar-refractivity contribution is 14.1. The van der Waals surface area contributed by atoms with Gasteiger partial charge >= 0.3 is 7.12 Å². The fraction of sp³-hybridized carbons (Fsp3) is 0.0968. The second kappa shape index (κ2) is 40.9. The lowest BCUT2D eigenvalue weighted by Crippen LogP contribution is -2.29. The van der Waals surface area contributed by atoms with Crippen molar-refractivity contribution in [3.63, 3.8) is 0 Å². The molecule has 24 rings (SSSR count). The molecule has 4 aliphatic rings. The van der Waals surface area contributed by atoms with Crippen LogP contribution in [-0.4, -0.2) is 22.3 Å². The van der Waals surface area contributed by atoms with Crippen LogP contribution in [0.3, 0.4) is 0 Å². The first-order chi connectivity index (χ1) is 64.7. The lowest BCUT2D eigenvalue weighted by atomic mass is 9.78. The second-order valence-corrected chi connectivity index (χ2v) is 41.6. The molecule has 3 N–H and O–H groups in total. The predicted molar refractivity (Wildman–Crippen MR) is 599 cm³/mol. The van der Waals surface area contributed by atoms with Gasteiger partial charge in [0.25, 0.3) is 0 Å². The molecule has 20 aromatic carbocycles. The van der Waals surface area contributed by atoms with E-state index in [-0.39, 0.29) is 16.2 Å². The third-order valence-electron chi connectivity index (χ3n) is 25.8. The van der Waals surface area contributed by atoms with Gasteiger partial charge in [0.05, 0.1) is 22.8 Å². The zero-order chi connectivity index (χ0) is 93.6. The van der Waals surface area contributed by atoms with Crippen molar-refractivity contribution in [2.75, 3.05) is 0 Å². The Morgan fingerprint density at radius 3 is 1.09 bits per heavy atom. The van der Waals surface area contributed by atoms with Crippen molar-refractivity contribution >= 4 is 192 Å². The molecule has 0 bridgehead atoms. The Morgan fingerprint density at radius 2 is 0.634 bits per heavy atom. The van der Waals surface area contributed by atoms with Crippen LogP contribution in [0.2, 0.25) is 0 Å². The highest BCUT2D eigenvalue weighted by Crippen LogP contribution is 2.55. The van der Waals surface area contributed by atoms with Crippen LogP contribution < -0.4 is 5.46 Å². The van der Waals surface area contributed by atoms with E-state index in [0.29, 0.717) is 5.46 Å². The van der Waals surface area contributed by atoms with E-state index in [1.54, 1.807) is 12.1 Å². The Labute approximate surface area is 843 Å². The van der Waals surface area contributed by atoms with Gasteiger partial charge in [-0.2, -0.15) is 0 Å². The smallest absolute Gasteiger partial charge is 0.423 e. The van der Waals surface area contributed by atoms with E-state index in [1.807, 2.05) is 98.8 Å². The molecule has 0 unspecified atom stereocenters. The van der Waals surface area contributed by atoms with Crippen LogP contribution >= 0.6 is 102 Å². The fourth-order valence-corrected chi connectivity index (χ4v) is 21.7. The number of hydrogen-bond acceptors (Lipinski definition) is 3. The summed E-state index contributed by atoms with van der Waals surface area (Å²) in [6.45, 7) is 17.7. The van der Waals surface area contributed by atoms with Crippen LogP contribution in [-0.2, 0) is 21.8 Å². The molecule has 656 valence electrons. The summed E-state index contributed by atoms with van der Waals surface area (Å²) in [6, 6.07) is 145. The maximum Gasteiger partial charge on any atom is 0.489 e. The lowest BCUT2D eigenvalue weighted by Gasteiger charge is -2.23. The van der Waals surface area contributed by atoms with Crippen molar-refractivity contribution in [3.05, 3.63) is 501 Å². The maximum atomic E-state index is 10.3. The van der Waals surface area contributed by atoms with Crippen LogP contribution in [0.15, 0.2) is 441 Å². The Bertz CT molecular complexity index is 7570. The Kier molecular flexibility index (Phi) is 28.8. The molecular weight excluding hydrogens is 2070 g/mol. The summed E-state index contributed by atoms with van der Waals surface area (Å²) >= 11 is 20.0. The maximum absolute atomic E-state index is 10.3. The van der Waals surface area contributed by atoms with E-state index in [9.17, 15) is 5.11 Å². The van der Waals surface area contributed by atoms with Crippen molar-refractivity contribution in [1.29, 1.82) is 0 Å². The molecule has 134 heavy (non-hydrogen) atoms. The van der Waals surface area contributed by atoms with Gasteiger partial charge in [0.2, 0.25) is 0 Å². The van der Waals surface area contributed by atoms with Crippen molar-refractivity contribution in [1.82, 2.24) is 0 Å². The minimum absolute atomic E-state index is 0.0295. The minimum Gasteiger partial charge on any atom is -0.423 e. The average Bonchev–Trinajstić information content (AvgIpc) is 1.57. The summed E-state index contributed by atoms with van der Waals surface area (Å²) in [5, 5.41) is 43.9. The molecule has 0 heterocycles. The molecule has 20 aromatic rings. The molecule has 0 saturated carbocycles. The van der Waals surface area contributed by atoms with Crippen LogP contribution in [0.25, 0.3) is 144 Å². The van der Waals surface area contributed by atoms with Gasteiger partial charge in [-0.25, -0.2) is 0 Å². The summed E-state index contributed by atoms with van der Waals surface area (Å²) in [4.78, 5) is 0. The highest BCUT2D eigenvalue weighted by atomic mass is 127. The molecule has 0 amide bonds. The summed E-state index contributed by atoms with van der Waals surface area (Å²) in [7, 11) is -1.40. The number of allylic oxidation sites excluding steroid dienone is 2. The van der Waals surface area contributed by atoms with E-state index >= 15 is 0 Å². The summed E-state index contributed by atoms with van der Waals surface area (Å²) < 4.78 is 6.97. The van der Waals surface area contributed by atoms with E-state index in [4.69, 9.17) is 10.0 Å². The molecule has 0 fully saturated rings. The molecule has 0 aliphatic heterocycles. The van der Waals surface area contributed by atoms with Gasteiger partial charge in [-0.3, -0.25) is 0 Å². The Hall–Kier alpha value is -11.6. The number of halogens is 6. The van der Waals surface area contributed by atoms with Crippen molar-refractivity contribution in [2.24, 2.45) is 0 Å². The van der Waals surface area contributed by atoms with Crippen molar-refractivity contribution in [3.8, 4) is 66.8 Å². The van der Waals surface area contributed by atoms with Gasteiger partial charge < -0.3 is 15.2 Å². The number of hydrogen-bond donors (Lipinski definition) is 3. The second-order valence-electron chi connectivity index (χ2n) is 36.0. The number of rotatable bonds is 5. The van der Waals surface area contributed by atoms with Crippen LogP contribution in [0.1, 0.15) is 105 Å². The molecule has 0 atom stereocenters. The van der Waals surface area contributed by atoms with Gasteiger partial charge in [0.1, 0.15) is 12.2 Å². The van der Waals surface area contributed by atoms with Crippen LogP contribution in [0, 0.1) is 9.65 Å². The van der Waals surface area contributed by atoms with Gasteiger partial charge in [0.15, 0.2) is 0 Å². The predicted octanol–water partition coefficient (Wildman–Crippen LogP) is 35.5. The van der Waals surface area contributed by atoms with E-state index in [0.717, 1.165) is 45.7 Å². The summed E-state index contributed by atoms with van der Waals surface area (Å²) in [6.07, 6.45) is 8.52. The van der Waals surface area contributed by atoms with Crippen LogP contribution in [0.5, 0.6) is 0 Å². The number of fused-ring (bicyclic) bond motifs is 19. The quantitative estimate of drug-likeness (QED) is 0.0914. The zero-order valence-corrected chi connectivity index (χ0v) is 85.8. The van der Waals surface area contributed by atoms with E-state index < -0.39 is 12.7 Å². The highest BCUT2D eigenvalue weighted by Gasteiger charge is 2.40. The van der Waals surface area contributed by atoms with Gasteiger partial charge in [-0.1, -0.05) is 439 Å². The van der Waals surface area contributed by atoms with Crippen molar-refractivity contribution in [2.45, 2.75) is 77.2 Å². The van der Waals surface area contributed by atoms with E-state index in [1.165, 1.54) is 162 Å². The monoisotopic (exact) mass is 2170 g/mol. The third-order valence-corrected chi connectivity index (χ3v) is 30.5. The molecule has 0 radical (unpaired) electrons. The third kappa shape index (κ3) is 20.2. The Balaban J connectivity index is 0.000000108. The first-order valence-electron chi connectivity index (χ1n) is 44.9. The Morgan fingerprint density at radius 1 is 0.284 bits per heavy atom. The average molecular weight is 2170 g/mol. The molecular formula is C124H98BBr5IO3+. The summed E-state index contributed by atoms with van der Waals surface area (Å²) in [5.41, 5.74) is 27.1. The first kappa shape index (κ1) is 94.2. The SMILES string of the molecule is Brc1ccccc1-c1ccc2ccccc2c1.Brc1ccccc1-c1ccc2ccccc2c1.Brc1ccccc1I.CC(C)(O)c1ccccc1-c1ccc2ccccc2c1.CC1(C)c2cc(Br)ccc2-c2ccc3cc(Br)ccc3c21.CC1(C)c2ccccc2-c2ccc3ccccc3c21.CC1(C)c2ccccc2-c2ccc3ccccc3c21.OB(O)c1ccc2c(c1)C=[C+]C=C2. The van der Waals surface area contributed by atoms with Crippen LogP contribution in [0.4, 0.5) is 0 Å². The number of benzene rings is 20. The number of aliphatic hydroxyl groups is 1. The molecule has 0 aromatic heterocycles. The lowest BCUT2D eigenvalue weighted by molar-refractivity contribution is 0.0792. The van der Waals surface area contributed by atoms with Gasteiger partial charge in [-0.05, 0) is 301 Å². The zero-order valence-electron chi connectivity index (χ0n) is 75.7. The topological polar surface area (TPSA) is 60.7 Å². The molecule has 0 spiro atoms.